The molecule has 0 saturated heterocycles. The van der Waals surface area contributed by atoms with Crippen molar-refractivity contribution >= 4 is 13.0 Å². The van der Waals surface area contributed by atoms with Crippen LogP contribution in [0.5, 0.6) is 0 Å². The molecule has 0 aliphatic carbocycles. The minimum Gasteiger partial charge on any atom is -0.426 e. The predicted octanol–water partition coefficient (Wildman–Crippen LogP) is -0.637. The highest BCUT2D eigenvalue weighted by Gasteiger charge is 2.26. The van der Waals surface area contributed by atoms with Crippen LogP contribution < -0.4 is 5.73 Å². The van der Waals surface area contributed by atoms with E-state index in [1.807, 2.05) is 13.8 Å². The van der Waals surface area contributed by atoms with Crippen LogP contribution in [-0.4, -0.2) is 46.5 Å². The molecule has 0 rings (SSSR count). The lowest BCUT2D eigenvalue weighted by Gasteiger charge is -2.30. The average Bonchev–Trinajstić information content (AvgIpc) is 2.13. The van der Waals surface area contributed by atoms with E-state index >= 15 is 0 Å². The second-order valence-electron chi connectivity index (χ2n) is 3.90. The quantitative estimate of drug-likeness (QED) is 0.515. The Bertz CT molecular complexity index is 200. The highest BCUT2D eigenvalue weighted by atomic mass is 16.4. The van der Waals surface area contributed by atoms with E-state index in [-0.39, 0.29) is 18.4 Å². The molecule has 1 unspecified atom stereocenters. The van der Waals surface area contributed by atoms with Crippen molar-refractivity contribution in [2.45, 2.75) is 45.7 Å². The van der Waals surface area contributed by atoms with Gasteiger partial charge in [-0.25, -0.2) is 0 Å². The molecule has 0 aromatic heterocycles. The molecule has 0 heterocycles. The zero-order valence-electron chi connectivity index (χ0n) is 9.68. The van der Waals surface area contributed by atoms with Crippen LogP contribution in [0.2, 0.25) is 0 Å². The third-order valence-corrected chi connectivity index (χ3v) is 2.27. The number of rotatable bonds is 6. The standard InChI is InChI=1S/C9H21BN2O3/c1-4-5-7(2)12(6-10(14)15)9(13)8(3)11/h7-8,14-15H,4-6,11H2,1-3H3/t7?,8-/m0/s1. The van der Waals surface area contributed by atoms with Gasteiger partial charge in [-0.05, 0) is 20.3 Å². The molecule has 0 saturated carbocycles. The summed E-state index contributed by atoms with van der Waals surface area (Å²) >= 11 is 0. The maximum absolute atomic E-state index is 11.7. The third kappa shape index (κ3) is 5.15. The van der Waals surface area contributed by atoms with Crippen LogP contribution in [-0.2, 0) is 4.79 Å². The van der Waals surface area contributed by atoms with Crippen LogP contribution >= 0.6 is 0 Å². The topological polar surface area (TPSA) is 86.8 Å². The number of hydrogen-bond acceptors (Lipinski definition) is 4. The van der Waals surface area contributed by atoms with Gasteiger partial charge in [-0.2, -0.15) is 0 Å². The molecule has 0 aromatic rings. The molecule has 0 spiro atoms. The highest BCUT2D eigenvalue weighted by molar-refractivity contribution is 6.41. The van der Waals surface area contributed by atoms with Crippen LogP contribution in [0.1, 0.15) is 33.6 Å². The molecule has 6 heteroatoms. The van der Waals surface area contributed by atoms with E-state index < -0.39 is 13.2 Å². The van der Waals surface area contributed by atoms with E-state index in [2.05, 4.69) is 0 Å². The summed E-state index contributed by atoms with van der Waals surface area (Å²) in [5.41, 5.74) is 5.49. The van der Waals surface area contributed by atoms with Gasteiger partial charge in [0, 0.05) is 6.04 Å². The molecule has 0 bridgehead atoms. The average molecular weight is 216 g/mol. The van der Waals surface area contributed by atoms with Crippen molar-refractivity contribution in [2.75, 3.05) is 6.44 Å². The molecule has 0 radical (unpaired) electrons. The smallest absolute Gasteiger partial charge is 0.426 e. The molecule has 88 valence electrons. The van der Waals surface area contributed by atoms with Crippen molar-refractivity contribution in [1.29, 1.82) is 0 Å². The second-order valence-corrected chi connectivity index (χ2v) is 3.90. The Morgan fingerprint density at radius 3 is 2.33 bits per heavy atom. The Balaban J connectivity index is 4.49. The SMILES string of the molecule is CCCC(C)N(CB(O)O)C(=O)[C@H](C)N. The lowest BCUT2D eigenvalue weighted by molar-refractivity contribution is -0.133. The molecule has 1 amide bonds. The van der Waals surface area contributed by atoms with Gasteiger partial charge in [0.2, 0.25) is 5.91 Å². The van der Waals surface area contributed by atoms with Gasteiger partial charge in [0.15, 0.2) is 0 Å². The largest absolute Gasteiger partial charge is 0.472 e. The summed E-state index contributed by atoms with van der Waals surface area (Å²) in [5.74, 6) is -0.246. The third-order valence-electron chi connectivity index (χ3n) is 2.27. The normalized spacial score (nSPS) is 14.5. The van der Waals surface area contributed by atoms with Gasteiger partial charge in [0.05, 0.1) is 12.5 Å². The first-order valence-corrected chi connectivity index (χ1v) is 5.32. The summed E-state index contributed by atoms with van der Waals surface area (Å²) in [6.45, 7) is 5.49. The highest BCUT2D eigenvalue weighted by Crippen LogP contribution is 2.08. The molecular formula is C9H21BN2O3. The summed E-state index contributed by atoms with van der Waals surface area (Å²) in [6, 6.07) is -0.627. The molecule has 0 fully saturated rings. The van der Waals surface area contributed by atoms with Crippen LogP contribution in [0.15, 0.2) is 0 Å². The molecule has 4 N–H and O–H groups in total. The number of nitrogens with zero attached hydrogens (tertiary/aromatic N) is 1. The Labute approximate surface area is 91.4 Å². The Kier molecular flexibility index (Phi) is 6.55. The summed E-state index contributed by atoms with van der Waals surface area (Å²) < 4.78 is 0. The summed E-state index contributed by atoms with van der Waals surface area (Å²) in [4.78, 5) is 13.1. The van der Waals surface area contributed by atoms with Crippen LogP contribution in [0.25, 0.3) is 0 Å². The van der Waals surface area contributed by atoms with Crippen molar-refractivity contribution in [3.8, 4) is 0 Å². The maximum atomic E-state index is 11.7. The van der Waals surface area contributed by atoms with Gasteiger partial charge in [0.1, 0.15) is 0 Å². The van der Waals surface area contributed by atoms with Gasteiger partial charge in [-0.15, -0.1) is 0 Å². The monoisotopic (exact) mass is 216 g/mol. The van der Waals surface area contributed by atoms with Crippen molar-refractivity contribution < 1.29 is 14.8 Å². The van der Waals surface area contributed by atoms with Gasteiger partial charge >= 0.3 is 7.12 Å². The van der Waals surface area contributed by atoms with Gasteiger partial charge in [-0.1, -0.05) is 13.3 Å². The fourth-order valence-electron chi connectivity index (χ4n) is 1.50. The van der Waals surface area contributed by atoms with E-state index in [1.54, 1.807) is 6.92 Å². The summed E-state index contributed by atoms with van der Waals surface area (Å²) in [7, 11) is -1.51. The lowest BCUT2D eigenvalue weighted by atomic mass is 9.89. The molecule has 5 nitrogen and oxygen atoms in total. The molecule has 0 aliphatic rings. The first-order chi connectivity index (χ1) is 6.90. The fourth-order valence-corrected chi connectivity index (χ4v) is 1.50. The number of hydrogen-bond donors (Lipinski definition) is 3. The minimum absolute atomic E-state index is 0.0182. The van der Waals surface area contributed by atoms with Crippen LogP contribution in [0.3, 0.4) is 0 Å². The Morgan fingerprint density at radius 1 is 1.47 bits per heavy atom. The van der Waals surface area contributed by atoms with Gasteiger partial charge in [-0.3, -0.25) is 4.79 Å². The van der Waals surface area contributed by atoms with E-state index in [0.717, 1.165) is 12.8 Å². The van der Waals surface area contributed by atoms with E-state index in [9.17, 15) is 4.79 Å². The molecule has 0 aliphatic heterocycles. The van der Waals surface area contributed by atoms with Gasteiger partial charge < -0.3 is 20.7 Å². The Morgan fingerprint density at radius 2 is 2.00 bits per heavy atom. The molecule has 15 heavy (non-hydrogen) atoms. The Hall–Kier alpha value is -0.585. The van der Waals surface area contributed by atoms with Gasteiger partial charge in [0.25, 0.3) is 0 Å². The zero-order chi connectivity index (χ0) is 12.0. The molecular weight excluding hydrogens is 195 g/mol. The number of carbonyl (C=O) groups is 1. The molecule has 0 aromatic carbocycles. The maximum Gasteiger partial charge on any atom is 0.472 e. The zero-order valence-corrected chi connectivity index (χ0v) is 9.68. The van der Waals surface area contributed by atoms with Crippen LogP contribution in [0.4, 0.5) is 0 Å². The lowest BCUT2D eigenvalue weighted by Crippen LogP contribution is -2.50. The van der Waals surface area contributed by atoms with Crippen molar-refractivity contribution in [2.24, 2.45) is 5.73 Å². The molecule has 2 atom stereocenters. The number of nitrogens with two attached hydrogens (primary N) is 1. The van der Waals surface area contributed by atoms with Crippen molar-refractivity contribution in [3.63, 3.8) is 0 Å². The second kappa shape index (κ2) is 6.82. The summed E-state index contributed by atoms with van der Waals surface area (Å²) in [5, 5.41) is 17.8. The van der Waals surface area contributed by atoms with Crippen molar-refractivity contribution in [1.82, 2.24) is 4.90 Å². The first-order valence-electron chi connectivity index (χ1n) is 5.32. The fraction of sp³-hybridized carbons (Fsp3) is 0.889. The van der Waals surface area contributed by atoms with E-state index in [1.165, 1.54) is 4.90 Å². The number of carbonyl (C=O) groups excluding carboxylic acids is 1. The first kappa shape index (κ1) is 14.4. The van der Waals surface area contributed by atoms with Crippen LogP contribution in [0, 0.1) is 0 Å². The summed E-state index contributed by atoms with van der Waals surface area (Å²) in [6.07, 6.45) is 1.68. The number of amides is 1. The minimum atomic E-state index is -1.51. The van der Waals surface area contributed by atoms with Crippen molar-refractivity contribution in [3.05, 3.63) is 0 Å². The predicted molar refractivity (Wildman–Crippen MR) is 59.9 cm³/mol. The van der Waals surface area contributed by atoms with E-state index in [0.29, 0.717) is 0 Å². The van der Waals surface area contributed by atoms with E-state index in [4.69, 9.17) is 15.8 Å².